The zero-order valence-corrected chi connectivity index (χ0v) is 12.6. The molecule has 3 nitrogen and oxygen atoms in total. The standard InChI is InChI=1S/C10H12Br2N2OS/c11-8-5-7(9(12)16-8)10(15)14-3-1-6(13)2-4-14/h5-6H,1-4,13H2. The van der Waals surface area contributed by atoms with Gasteiger partial charge >= 0.3 is 0 Å². The van der Waals surface area contributed by atoms with Crippen LogP contribution in [0.3, 0.4) is 0 Å². The van der Waals surface area contributed by atoms with E-state index in [1.165, 1.54) is 11.3 Å². The molecule has 1 amide bonds. The lowest BCUT2D eigenvalue weighted by Crippen LogP contribution is -2.42. The van der Waals surface area contributed by atoms with Crippen LogP contribution < -0.4 is 5.73 Å². The van der Waals surface area contributed by atoms with E-state index in [4.69, 9.17) is 5.73 Å². The van der Waals surface area contributed by atoms with Gasteiger partial charge in [-0.25, -0.2) is 0 Å². The van der Waals surface area contributed by atoms with E-state index in [1.54, 1.807) is 0 Å². The number of hydrogen-bond donors (Lipinski definition) is 1. The van der Waals surface area contributed by atoms with E-state index < -0.39 is 0 Å². The molecule has 0 unspecified atom stereocenters. The van der Waals surface area contributed by atoms with Gasteiger partial charge in [0.05, 0.1) is 13.1 Å². The van der Waals surface area contributed by atoms with E-state index in [2.05, 4.69) is 31.9 Å². The molecular formula is C10H12Br2N2OS. The van der Waals surface area contributed by atoms with Gasteiger partial charge in [-0.3, -0.25) is 4.79 Å². The number of nitrogens with zero attached hydrogens (tertiary/aromatic N) is 1. The van der Waals surface area contributed by atoms with Gasteiger partial charge in [0.25, 0.3) is 5.91 Å². The maximum Gasteiger partial charge on any atom is 0.255 e. The highest BCUT2D eigenvalue weighted by Gasteiger charge is 2.24. The van der Waals surface area contributed by atoms with E-state index in [0.717, 1.165) is 39.1 Å². The van der Waals surface area contributed by atoms with Crippen molar-refractivity contribution in [1.29, 1.82) is 0 Å². The summed E-state index contributed by atoms with van der Waals surface area (Å²) in [6, 6.07) is 2.12. The maximum atomic E-state index is 12.2. The molecule has 1 aliphatic heterocycles. The molecule has 0 atom stereocenters. The number of hydrogen-bond acceptors (Lipinski definition) is 3. The summed E-state index contributed by atoms with van der Waals surface area (Å²) in [6.07, 6.45) is 1.79. The minimum atomic E-state index is 0.0979. The fourth-order valence-electron chi connectivity index (χ4n) is 1.76. The van der Waals surface area contributed by atoms with Crippen molar-refractivity contribution in [2.24, 2.45) is 5.73 Å². The normalized spacial score (nSPS) is 17.8. The highest BCUT2D eigenvalue weighted by atomic mass is 79.9. The van der Waals surface area contributed by atoms with E-state index in [1.807, 2.05) is 11.0 Å². The summed E-state index contributed by atoms with van der Waals surface area (Å²) >= 11 is 8.32. The van der Waals surface area contributed by atoms with Gasteiger partial charge in [0.2, 0.25) is 0 Å². The van der Waals surface area contributed by atoms with Gasteiger partial charge in [0, 0.05) is 19.1 Å². The molecule has 0 saturated carbocycles. The minimum Gasteiger partial charge on any atom is -0.338 e. The second-order valence-corrected chi connectivity index (χ2v) is 7.62. The minimum absolute atomic E-state index is 0.0979. The van der Waals surface area contributed by atoms with Crippen LogP contribution in [0.15, 0.2) is 13.6 Å². The highest BCUT2D eigenvalue weighted by molar-refractivity contribution is 9.12. The topological polar surface area (TPSA) is 46.3 Å². The van der Waals surface area contributed by atoms with Crippen LogP contribution in [0, 0.1) is 0 Å². The van der Waals surface area contributed by atoms with E-state index >= 15 is 0 Å². The Bertz CT molecular complexity index is 400. The summed E-state index contributed by atoms with van der Waals surface area (Å²) in [7, 11) is 0. The van der Waals surface area contributed by atoms with Crippen molar-refractivity contribution in [3.63, 3.8) is 0 Å². The number of nitrogens with two attached hydrogens (primary N) is 1. The van der Waals surface area contributed by atoms with Crippen molar-refractivity contribution >= 4 is 49.1 Å². The van der Waals surface area contributed by atoms with Crippen molar-refractivity contribution in [3.05, 3.63) is 19.2 Å². The first-order chi connectivity index (χ1) is 7.58. The Kier molecular flexibility index (Phi) is 4.05. The van der Waals surface area contributed by atoms with Gasteiger partial charge in [-0.15, -0.1) is 11.3 Å². The SMILES string of the molecule is NC1CCN(C(=O)c2cc(Br)sc2Br)CC1. The predicted octanol–water partition coefficient (Wildman–Crippen LogP) is 2.84. The second kappa shape index (κ2) is 5.16. The molecule has 88 valence electrons. The molecule has 0 aliphatic carbocycles. The molecule has 6 heteroatoms. The monoisotopic (exact) mass is 366 g/mol. The molecule has 1 aromatic rings. The summed E-state index contributed by atoms with van der Waals surface area (Å²) < 4.78 is 1.86. The Morgan fingerprint density at radius 1 is 1.44 bits per heavy atom. The molecule has 1 aliphatic rings. The summed E-state index contributed by atoms with van der Waals surface area (Å²) in [5, 5.41) is 0. The Morgan fingerprint density at radius 2 is 2.06 bits per heavy atom. The number of halogens is 2. The predicted molar refractivity (Wildman–Crippen MR) is 72.8 cm³/mol. The first-order valence-corrected chi connectivity index (χ1v) is 7.48. The quantitative estimate of drug-likeness (QED) is 0.829. The first-order valence-electron chi connectivity index (χ1n) is 5.07. The summed E-state index contributed by atoms with van der Waals surface area (Å²) in [4.78, 5) is 14.1. The van der Waals surface area contributed by atoms with Gasteiger partial charge in [-0.1, -0.05) is 0 Å². The molecule has 2 heterocycles. The van der Waals surface area contributed by atoms with Crippen LogP contribution in [-0.4, -0.2) is 29.9 Å². The van der Waals surface area contributed by atoms with Crippen LogP contribution in [0.4, 0.5) is 0 Å². The number of thiophene rings is 1. The number of carbonyl (C=O) groups excluding carboxylic acids is 1. The molecule has 1 aromatic heterocycles. The number of piperidine rings is 1. The molecule has 1 saturated heterocycles. The molecule has 0 bridgehead atoms. The fraction of sp³-hybridized carbons (Fsp3) is 0.500. The van der Waals surface area contributed by atoms with Crippen LogP contribution >= 0.6 is 43.2 Å². The van der Waals surface area contributed by atoms with Crippen molar-refractivity contribution in [2.45, 2.75) is 18.9 Å². The van der Waals surface area contributed by atoms with Gasteiger partial charge in [0.15, 0.2) is 0 Å². The largest absolute Gasteiger partial charge is 0.338 e. The van der Waals surface area contributed by atoms with Crippen molar-refractivity contribution in [3.8, 4) is 0 Å². The Morgan fingerprint density at radius 3 is 2.56 bits per heavy atom. The lowest BCUT2D eigenvalue weighted by molar-refractivity contribution is 0.0714. The lowest BCUT2D eigenvalue weighted by atomic mass is 10.1. The molecule has 0 aromatic carbocycles. The average molecular weight is 368 g/mol. The second-order valence-electron chi connectivity index (χ2n) is 3.87. The smallest absolute Gasteiger partial charge is 0.255 e. The summed E-state index contributed by atoms with van der Waals surface area (Å²) in [5.41, 5.74) is 6.56. The van der Waals surface area contributed by atoms with Gasteiger partial charge in [-0.05, 0) is 50.8 Å². The molecule has 2 N–H and O–H groups in total. The molecule has 16 heavy (non-hydrogen) atoms. The lowest BCUT2D eigenvalue weighted by Gasteiger charge is -2.30. The highest BCUT2D eigenvalue weighted by Crippen LogP contribution is 2.32. The number of amides is 1. The third-order valence-electron chi connectivity index (χ3n) is 2.71. The number of rotatable bonds is 1. The van der Waals surface area contributed by atoms with Crippen molar-refractivity contribution < 1.29 is 4.79 Å². The van der Waals surface area contributed by atoms with E-state index in [-0.39, 0.29) is 11.9 Å². The van der Waals surface area contributed by atoms with Crippen LogP contribution in [-0.2, 0) is 0 Å². The van der Waals surface area contributed by atoms with Crippen LogP contribution in [0.5, 0.6) is 0 Å². The third kappa shape index (κ3) is 2.67. The van der Waals surface area contributed by atoms with Crippen molar-refractivity contribution in [1.82, 2.24) is 4.90 Å². The molecule has 0 spiro atoms. The zero-order valence-electron chi connectivity index (χ0n) is 8.58. The Hall–Kier alpha value is 0.0900. The molecule has 2 rings (SSSR count). The zero-order chi connectivity index (χ0) is 11.7. The van der Waals surface area contributed by atoms with Gasteiger partial charge in [0.1, 0.15) is 0 Å². The third-order valence-corrected chi connectivity index (χ3v) is 5.05. The fourth-order valence-corrected chi connectivity index (χ4v) is 4.54. The summed E-state index contributed by atoms with van der Waals surface area (Å²) in [5.74, 6) is 0.0979. The van der Waals surface area contributed by atoms with E-state index in [9.17, 15) is 4.79 Å². The average Bonchev–Trinajstić information content (AvgIpc) is 2.58. The van der Waals surface area contributed by atoms with Crippen LogP contribution in [0.2, 0.25) is 0 Å². The van der Waals surface area contributed by atoms with Crippen LogP contribution in [0.25, 0.3) is 0 Å². The molecular weight excluding hydrogens is 356 g/mol. The van der Waals surface area contributed by atoms with E-state index in [0.29, 0.717) is 0 Å². The summed E-state index contributed by atoms with van der Waals surface area (Å²) in [6.45, 7) is 1.53. The molecule has 0 radical (unpaired) electrons. The Labute approximate surface area is 115 Å². The maximum absolute atomic E-state index is 12.2. The first kappa shape index (κ1) is 12.5. The number of carbonyl (C=O) groups is 1. The van der Waals surface area contributed by atoms with Gasteiger partial charge < -0.3 is 10.6 Å². The van der Waals surface area contributed by atoms with Crippen molar-refractivity contribution in [2.75, 3.05) is 13.1 Å². The Balaban J connectivity index is 2.10. The van der Waals surface area contributed by atoms with Crippen LogP contribution in [0.1, 0.15) is 23.2 Å². The number of likely N-dealkylation sites (tertiary alicyclic amines) is 1. The van der Waals surface area contributed by atoms with Gasteiger partial charge in [-0.2, -0.15) is 0 Å². The molecule has 1 fully saturated rings.